The van der Waals surface area contributed by atoms with Crippen molar-refractivity contribution in [3.63, 3.8) is 0 Å². The zero-order chi connectivity index (χ0) is 22.2. The molecule has 0 aliphatic carbocycles. The molecule has 0 aliphatic heterocycles. The summed E-state index contributed by atoms with van der Waals surface area (Å²) in [5.41, 5.74) is 6.06. The molecule has 162 valence electrons. The number of thioether (sulfide) groups is 2. The Morgan fingerprint density at radius 1 is 1.00 bits per heavy atom. The molecule has 0 saturated carbocycles. The average Bonchev–Trinajstić information content (AvgIpc) is 3.30. The molecular weight excluding hydrogens is 456 g/mol. The van der Waals surface area contributed by atoms with Crippen molar-refractivity contribution < 1.29 is 4.79 Å². The standard InChI is InChI=1S/C24H22N4OS3/c1-2-17-10-12-18(13-11-17)14-25-26-22(29)16-31-24-28-27-23(32-24)30-15-20-8-5-7-19-6-3-4-9-21(19)20/h3-14H,2,15-16H2,1H3,(H,26,29)/b25-14+. The van der Waals surface area contributed by atoms with Crippen LogP contribution in [0.15, 0.2) is 80.5 Å². The largest absolute Gasteiger partial charge is 0.272 e. The fraction of sp³-hybridized carbons (Fsp3) is 0.167. The Kier molecular flexibility index (Phi) is 7.92. The first-order valence-corrected chi connectivity index (χ1v) is 13.0. The van der Waals surface area contributed by atoms with Crippen LogP contribution in [0.2, 0.25) is 0 Å². The van der Waals surface area contributed by atoms with Gasteiger partial charge in [-0.25, -0.2) is 5.43 Å². The highest BCUT2D eigenvalue weighted by Crippen LogP contribution is 2.32. The number of benzene rings is 3. The maximum absolute atomic E-state index is 12.1. The second-order valence-electron chi connectivity index (χ2n) is 6.94. The monoisotopic (exact) mass is 478 g/mol. The van der Waals surface area contributed by atoms with Crippen molar-refractivity contribution in [1.82, 2.24) is 15.6 Å². The van der Waals surface area contributed by atoms with Gasteiger partial charge in [0, 0.05) is 5.75 Å². The summed E-state index contributed by atoms with van der Waals surface area (Å²) < 4.78 is 1.68. The van der Waals surface area contributed by atoms with E-state index < -0.39 is 0 Å². The van der Waals surface area contributed by atoms with Crippen LogP contribution in [0.3, 0.4) is 0 Å². The number of hydrazone groups is 1. The number of aryl methyl sites for hydroxylation is 1. The quantitative estimate of drug-likeness (QED) is 0.187. The lowest BCUT2D eigenvalue weighted by Crippen LogP contribution is -2.19. The molecule has 0 radical (unpaired) electrons. The smallest absolute Gasteiger partial charge is 0.250 e. The van der Waals surface area contributed by atoms with Gasteiger partial charge in [0.25, 0.3) is 5.91 Å². The normalized spacial score (nSPS) is 11.3. The maximum Gasteiger partial charge on any atom is 0.250 e. The third kappa shape index (κ3) is 6.18. The molecule has 0 saturated heterocycles. The lowest BCUT2D eigenvalue weighted by molar-refractivity contribution is -0.118. The fourth-order valence-corrected chi connectivity index (χ4v) is 5.87. The molecular formula is C24H22N4OS3. The third-order valence-electron chi connectivity index (χ3n) is 4.74. The highest BCUT2D eigenvalue weighted by Gasteiger charge is 2.09. The third-order valence-corrected chi connectivity index (χ3v) is 7.98. The zero-order valence-electron chi connectivity index (χ0n) is 17.5. The van der Waals surface area contributed by atoms with Gasteiger partial charge in [-0.05, 0) is 33.9 Å². The van der Waals surface area contributed by atoms with Gasteiger partial charge in [-0.3, -0.25) is 4.79 Å². The second kappa shape index (κ2) is 11.3. The molecule has 1 N–H and O–H groups in total. The fourth-order valence-electron chi connectivity index (χ4n) is 3.05. The minimum atomic E-state index is -0.170. The second-order valence-corrected chi connectivity index (χ2v) is 10.4. The predicted molar refractivity (Wildman–Crippen MR) is 136 cm³/mol. The van der Waals surface area contributed by atoms with E-state index in [-0.39, 0.29) is 11.7 Å². The van der Waals surface area contributed by atoms with Crippen LogP contribution in [0.25, 0.3) is 10.8 Å². The van der Waals surface area contributed by atoms with Crippen LogP contribution in [0, 0.1) is 0 Å². The van der Waals surface area contributed by atoms with Gasteiger partial charge in [-0.15, -0.1) is 10.2 Å². The molecule has 1 aromatic heterocycles. The van der Waals surface area contributed by atoms with Gasteiger partial charge < -0.3 is 0 Å². The molecule has 0 fully saturated rings. The summed E-state index contributed by atoms with van der Waals surface area (Å²) in [7, 11) is 0. The zero-order valence-corrected chi connectivity index (χ0v) is 20.0. The molecule has 1 heterocycles. The molecule has 1 amide bonds. The number of hydrogen-bond acceptors (Lipinski definition) is 7. The molecule has 0 unspecified atom stereocenters. The Morgan fingerprint density at radius 2 is 1.75 bits per heavy atom. The van der Waals surface area contributed by atoms with Crippen LogP contribution < -0.4 is 5.43 Å². The average molecular weight is 479 g/mol. The number of nitrogens with one attached hydrogen (secondary N) is 1. The van der Waals surface area contributed by atoms with Crippen molar-refractivity contribution >= 4 is 57.8 Å². The van der Waals surface area contributed by atoms with Crippen LogP contribution in [0.4, 0.5) is 0 Å². The number of carbonyl (C=O) groups excluding carboxylic acids is 1. The van der Waals surface area contributed by atoms with E-state index in [0.29, 0.717) is 0 Å². The number of rotatable bonds is 9. The Morgan fingerprint density at radius 3 is 2.56 bits per heavy atom. The molecule has 32 heavy (non-hydrogen) atoms. The van der Waals surface area contributed by atoms with Gasteiger partial charge in [-0.2, -0.15) is 5.10 Å². The SMILES string of the molecule is CCc1ccc(/C=N/NC(=O)CSc2nnc(SCc3cccc4ccccc34)s2)cc1. The van der Waals surface area contributed by atoms with Crippen LogP contribution in [-0.2, 0) is 17.0 Å². The van der Waals surface area contributed by atoms with Crippen LogP contribution >= 0.6 is 34.9 Å². The van der Waals surface area contributed by atoms with Crippen LogP contribution in [-0.4, -0.2) is 28.1 Å². The molecule has 8 heteroatoms. The van der Waals surface area contributed by atoms with Crippen molar-refractivity contribution in [3.05, 3.63) is 83.4 Å². The van der Waals surface area contributed by atoms with Gasteiger partial charge >= 0.3 is 0 Å². The van der Waals surface area contributed by atoms with E-state index in [9.17, 15) is 4.79 Å². The molecule has 0 atom stereocenters. The summed E-state index contributed by atoms with van der Waals surface area (Å²) in [6.45, 7) is 2.12. The van der Waals surface area contributed by atoms with Crippen molar-refractivity contribution in [2.45, 2.75) is 27.8 Å². The lowest BCUT2D eigenvalue weighted by atomic mass is 10.1. The van der Waals surface area contributed by atoms with Crippen LogP contribution in [0.1, 0.15) is 23.6 Å². The summed E-state index contributed by atoms with van der Waals surface area (Å²) in [6.07, 6.45) is 2.65. The number of aromatic nitrogens is 2. The molecule has 4 rings (SSSR count). The molecule has 0 bridgehead atoms. The highest BCUT2D eigenvalue weighted by molar-refractivity contribution is 8.03. The number of carbonyl (C=O) groups is 1. The maximum atomic E-state index is 12.1. The summed E-state index contributed by atoms with van der Waals surface area (Å²) in [5, 5.41) is 15.0. The first-order valence-electron chi connectivity index (χ1n) is 10.2. The van der Waals surface area contributed by atoms with E-state index in [2.05, 4.69) is 82.2 Å². The summed E-state index contributed by atoms with van der Waals surface area (Å²) in [4.78, 5) is 12.1. The van der Waals surface area contributed by atoms with Gasteiger partial charge in [-0.1, -0.05) is 109 Å². The Hall–Kier alpha value is -2.68. The summed E-state index contributed by atoms with van der Waals surface area (Å²) in [5.74, 6) is 0.903. The van der Waals surface area contributed by atoms with E-state index in [1.807, 2.05) is 12.1 Å². The van der Waals surface area contributed by atoms with Crippen molar-refractivity contribution in [2.75, 3.05) is 5.75 Å². The topological polar surface area (TPSA) is 67.2 Å². The number of fused-ring (bicyclic) bond motifs is 1. The van der Waals surface area contributed by atoms with Crippen molar-refractivity contribution in [2.24, 2.45) is 5.10 Å². The van der Waals surface area contributed by atoms with Crippen molar-refractivity contribution in [3.8, 4) is 0 Å². The molecule has 0 aliphatic rings. The van der Waals surface area contributed by atoms with E-state index in [4.69, 9.17) is 0 Å². The summed E-state index contributed by atoms with van der Waals surface area (Å²) >= 11 is 4.54. The highest BCUT2D eigenvalue weighted by atomic mass is 32.2. The van der Waals surface area contributed by atoms with E-state index in [1.54, 1.807) is 18.0 Å². The number of hydrogen-bond donors (Lipinski definition) is 1. The first kappa shape index (κ1) is 22.5. The van der Waals surface area contributed by atoms with Gasteiger partial charge in [0.05, 0.1) is 12.0 Å². The molecule has 5 nitrogen and oxygen atoms in total. The van der Waals surface area contributed by atoms with E-state index in [0.717, 1.165) is 26.4 Å². The Bertz CT molecular complexity index is 1220. The Balaban J connectivity index is 1.24. The number of nitrogens with zero attached hydrogens (tertiary/aromatic N) is 3. The van der Waals surface area contributed by atoms with Crippen molar-refractivity contribution in [1.29, 1.82) is 0 Å². The predicted octanol–water partition coefficient (Wildman–Crippen LogP) is 5.79. The summed E-state index contributed by atoms with van der Waals surface area (Å²) in [6, 6.07) is 22.8. The van der Waals surface area contributed by atoms with E-state index in [1.165, 1.54) is 45.0 Å². The molecule has 0 spiro atoms. The van der Waals surface area contributed by atoms with E-state index >= 15 is 0 Å². The van der Waals surface area contributed by atoms with Gasteiger partial charge in [0.1, 0.15) is 0 Å². The van der Waals surface area contributed by atoms with Gasteiger partial charge in [0.2, 0.25) is 0 Å². The molecule has 3 aromatic carbocycles. The minimum absolute atomic E-state index is 0.170. The lowest BCUT2D eigenvalue weighted by Gasteiger charge is -2.04. The van der Waals surface area contributed by atoms with Gasteiger partial charge in [0.15, 0.2) is 8.68 Å². The number of amides is 1. The van der Waals surface area contributed by atoms with Crippen LogP contribution in [0.5, 0.6) is 0 Å². The minimum Gasteiger partial charge on any atom is -0.272 e. The Labute approximate surface area is 199 Å². The first-order chi connectivity index (χ1) is 15.7. The molecule has 4 aromatic rings.